The van der Waals surface area contributed by atoms with E-state index in [1.807, 2.05) is 0 Å². The molecule has 0 unspecified atom stereocenters. The molecule has 0 spiro atoms. The Bertz CT molecular complexity index is 324. The maximum atomic E-state index is 11.1. The van der Waals surface area contributed by atoms with Crippen molar-refractivity contribution >= 4 is 17.5 Å². The van der Waals surface area contributed by atoms with Gasteiger partial charge in [-0.3, -0.25) is 9.78 Å². The summed E-state index contributed by atoms with van der Waals surface area (Å²) in [4.78, 5) is 15.1. The molecule has 0 radical (unpaired) electrons. The molecule has 1 N–H and O–H groups in total. The van der Waals surface area contributed by atoms with Gasteiger partial charge < -0.3 is 5.32 Å². The van der Waals surface area contributed by atoms with E-state index in [0.717, 1.165) is 5.69 Å². The minimum atomic E-state index is -0.127. The quantitative estimate of drug-likeness (QED) is 0.628. The van der Waals surface area contributed by atoms with Crippen molar-refractivity contribution in [3.8, 4) is 0 Å². The molecule has 0 saturated carbocycles. The second-order valence-corrected chi connectivity index (χ2v) is 2.70. The predicted octanol–water partition coefficient (Wildman–Crippen LogP) is 0.978. The molecule has 2 heterocycles. The number of pyridine rings is 1. The zero-order chi connectivity index (χ0) is 7.84. The SMILES string of the molecule is O=C1NCc2nccc(Cl)c21. The van der Waals surface area contributed by atoms with Crippen LogP contribution in [0.25, 0.3) is 0 Å². The lowest BCUT2D eigenvalue weighted by Crippen LogP contribution is -2.12. The maximum Gasteiger partial charge on any atom is 0.255 e. The van der Waals surface area contributed by atoms with Crippen molar-refractivity contribution in [3.05, 3.63) is 28.5 Å². The van der Waals surface area contributed by atoms with Gasteiger partial charge in [0, 0.05) is 6.20 Å². The first-order valence-corrected chi connectivity index (χ1v) is 3.58. The van der Waals surface area contributed by atoms with Crippen molar-refractivity contribution in [1.29, 1.82) is 0 Å². The highest BCUT2D eigenvalue weighted by Crippen LogP contribution is 2.21. The van der Waals surface area contributed by atoms with E-state index in [-0.39, 0.29) is 5.91 Å². The van der Waals surface area contributed by atoms with Crippen molar-refractivity contribution in [3.63, 3.8) is 0 Å². The average molecular weight is 169 g/mol. The fraction of sp³-hybridized carbons (Fsp3) is 0.143. The minimum Gasteiger partial charge on any atom is -0.346 e. The molecule has 3 nitrogen and oxygen atoms in total. The molecule has 1 aromatic heterocycles. The summed E-state index contributed by atoms with van der Waals surface area (Å²) in [6, 6.07) is 1.62. The molecule has 56 valence electrons. The first-order chi connectivity index (χ1) is 5.29. The van der Waals surface area contributed by atoms with Gasteiger partial charge in [-0.1, -0.05) is 11.6 Å². The van der Waals surface area contributed by atoms with E-state index in [1.54, 1.807) is 12.3 Å². The Hall–Kier alpha value is -1.09. The predicted molar refractivity (Wildman–Crippen MR) is 40.4 cm³/mol. The second kappa shape index (κ2) is 2.20. The summed E-state index contributed by atoms with van der Waals surface area (Å²) in [5.41, 5.74) is 1.26. The molecule has 1 aliphatic heterocycles. The lowest BCUT2D eigenvalue weighted by molar-refractivity contribution is 0.0966. The molecular weight excluding hydrogens is 164 g/mol. The normalized spacial score (nSPS) is 14.5. The summed E-state index contributed by atoms with van der Waals surface area (Å²) in [6.07, 6.45) is 1.60. The van der Waals surface area contributed by atoms with Crippen LogP contribution in [0.2, 0.25) is 5.02 Å². The number of halogens is 1. The van der Waals surface area contributed by atoms with Crippen LogP contribution in [0.1, 0.15) is 16.1 Å². The van der Waals surface area contributed by atoms with Gasteiger partial charge in [0.05, 0.1) is 22.8 Å². The number of carbonyl (C=O) groups is 1. The largest absolute Gasteiger partial charge is 0.346 e. The Labute approximate surface area is 68.4 Å². The summed E-state index contributed by atoms with van der Waals surface area (Å²) in [6.45, 7) is 0.495. The van der Waals surface area contributed by atoms with E-state index in [2.05, 4.69) is 10.3 Å². The fourth-order valence-corrected chi connectivity index (χ4v) is 1.36. The number of amides is 1. The smallest absolute Gasteiger partial charge is 0.255 e. The van der Waals surface area contributed by atoms with Gasteiger partial charge >= 0.3 is 0 Å². The van der Waals surface area contributed by atoms with Gasteiger partial charge in [-0.2, -0.15) is 0 Å². The van der Waals surface area contributed by atoms with E-state index in [4.69, 9.17) is 11.6 Å². The standard InChI is InChI=1S/C7H5ClN2O/c8-4-1-2-9-5-3-10-7(11)6(4)5/h1-2H,3H2,(H,10,11). The number of rotatable bonds is 0. The minimum absolute atomic E-state index is 0.127. The monoisotopic (exact) mass is 168 g/mol. The van der Waals surface area contributed by atoms with Crippen LogP contribution in [0, 0.1) is 0 Å². The van der Waals surface area contributed by atoms with Crippen LogP contribution < -0.4 is 5.32 Å². The molecule has 0 aliphatic carbocycles. The van der Waals surface area contributed by atoms with E-state index < -0.39 is 0 Å². The number of nitrogens with one attached hydrogen (secondary N) is 1. The Morgan fingerprint density at radius 2 is 2.45 bits per heavy atom. The maximum absolute atomic E-state index is 11.1. The van der Waals surface area contributed by atoms with Gasteiger partial charge in [0.25, 0.3) is 5.91 Å². The summed E-state index contributed by atoms with van der Waals surface area (Å²) < 4.78 is 0. The first kappa shape index (κ1) is 6.61. The fourth-order valence-electron chi connectivity index (χ4n) is 1.10. The third-order valence-electron chi connectivity index (χ3n) is 1.62. The van der Waals surface area contributed by atoms with Crippen LogP contribution in [-0.4, -0.2) is 10.9 Å². The van der Waals surface area contributed by atoms with Crippen LogP contribution in [-0.2, 0) is 6.54 Å². The molecule has 0 saturated heterocycles. The van der Waals surface area contributed by atoms with Crippen molar-refractivity contribution < 1.29 is 4.79 Å². The molecule has 1 aromatic rings. The topological polar surface area (TPSA) is 42.0 Å². The molecule has 4 heteroatoms. The molecular formula is C7H5ClN2O. The van der Waals surface area contributed by atoms with Gasteiger partial charge in [-0.25, -0.2) is 0 Å². The van der Waals surface area contributed by atoms with Crippen LogP contribution in [0.5, 0.6) is 0 Å². The molecule has 0 aromatic carbocycles. The number of carbonyl (C=O) groups excluding carboxylic acids is 1. The van der Waals surface area contributed by atoms with Gasteiger partial charge in [-0.15, -0.1) is 0 Å². The third kappa shape index (κ3) is 0.886. The molecule has 1 aliphatic rings. The number of nitrogens with zero attached hydrogens (tertiary/aromatic N) is 1. The van der Waals surface area contributed by atoms with Crippen molar-refractivity contribution in [2.75, 3.05) is 0 Å². The van der Waals surface area contributed by atoms with Crippen LogP contribution in [0.4, 0.5) is 0 Å². The Kier molecular flexibility index (Phi) is 1.32. The van der Waals surface area contributed by atoms with Gasteiger partial charge in [0.2, 0.25) is 0 Å². The van der Waals surface area contributed by atoms with E-state index >= 15 is 0 Å². The Balaban J connectivity index is 2.68. The summed E-state index contributed by atoms with van der Waals surface area (Å²) in [5.74, 6) is -0.127. The van der Waals surface area contributed by atoms with Crippen molar-refractivity contribution in [2.45, 2.75) is 6.54 Å². The van der Waals surface area contributed by atoms with E-state index in [9.17, 15) is 4.79 Å². The van der Waals surface area contributed by atoms with Gasteiger partial charge in [-0.05, 0) is 6.07 Å². The number of hydrogen-bond donors (Lipinski definition) is 1. The Morgan fingerprint density at radius 3 is 3.18 bits per heavy atom. The molecule has 1 amide bonds. The molecule has 0 atom stereocenters. The second-order valence-electron chi connectivity index (χ2n) is 2.30. The van der Waals surface area contributed by atoms with Crippen LogP contribution in [0.15, 0.2) is 12.3 Å². The van der Waals surface area contributed by atoms with Crippen molar-refractivity contribution in [1.82, 2.24) is 10.3 Å². The van der Waals surface area contributed by atoms with E-state index in [0.29, 0.717) is 17.1 Å². The highest BCUT2D eigenvalue weighted by Gasteiger charge is 2.22. The molecule has 2 rings (SSSR count). The van der Waals surface area contributed by atoms with Crippen LogP contribution >= 0.6 is 11.6 Å². The summed E-state index contributed by atoms with van der Waals surface area (Å²) in [7, 11) is 0. The van der Waals surface area contributed by atoms with Crippen molar-refractivity contribution in [2.24, 2.45) is 0 Å². The molecule has 0 bridgehead atoms. The van der Waals surface area contributed by atoms with Gasteiger partial charge in [0.15, 0.2) is 0 Å². The summed E-state index contributed by atoms with van der Waals surface area (Å²) >= 11 is 5.76. The molecule has 11 heavy (non-hydrogen) atoms. The third-order valence-corrected chi connectivity index (χ3v) is 1.94. The summed E-state index contributed by atoms with van der Waals surface area (Å²) in [5, 5.41) is 3.12. The zero-order valence-corrected chi connectivity index (χ0v) is 6.35. The Morgan fingerprint density at radius 1 is 1.64 bits per heavy atom. The zero-order valence-electron chi connectivity index (χ0n) is 5.60. The van der Waals surface area contributed by atoms with E-state index in [1.165, 1.54) is 0 Å². The highest BCUT2D eigenvalue weighted by atomic mass is 35.5. The number of hydrogen-bond acceptors (Lipinski definition) is 2. The lowest BCUT2D eigenvalue weighted by Gasteiger charge is -1.94. The molecule has 0 fully saturated rings. The average Bonchev–Trinajstić information content (AvgIpc) is 2.34. The number of fused-ring (bicyclic) bond motifs is 1. The van der Waals surface area contributed by atoms with Crippen LogP contribution in [0.3, 0.4) is 0 Å². The first-order valence-electron chi connectivity index (χ1n) is 3.20. The number of aromatic nitrogens is 1. The lowest BCUT2D eigenvalue weighted by atomic mass is 10.2. The van der Waals surface area contributed by atoms with Gasteiger partial charge in [0.1, 0.15) is 0 Å². The highest BCUT2D eigenvalue weighted by molar-refractivity contribution is 6.34.